The normalized spacial score (nSPS) is 22.1. The molecule has 0 unspecified atom stereocenters. The average molecular weight is 505 g/mol. The Hall–Kier alpha value is -2.39. The van der Waals surface area contributed by atoms with Crippen molar-refractivity contribution >= 4 is 27.7 Å². The van der Waals surface area contributed by atoms with Crippen molar-refractivity contribution in [1.82, 2.24) is 19.9 Å². The summed E-state index contributed by atoms with van der Waals surface area (Å²) in [6.07, 6.45) is 0.842. The molecule has 1 aromatic carbocycles. The molecule has 0 aliphatic carbocycles. The van der Waals surface area contributed by atoms with Crippen LogP contribution in [0.3, 0.4) is 0 Å². The van der Waals surface area contributed by atoms with Gasteiger partial charge in [0.1, 0.15) is 11.9 Å². The number of likely N-dealkylation sites (tertiary alicyclic amines) is 1. The van der Waals surface area contributed by atoms with Gasteiger partial charge in [-0.3, -0.25) is 9.59 Å². The molecule has 2 aliphatic rings. The monoisotopic (exact) mass is 504 g/mol. The lowest BCUT2D eigenvalue weighted by molar-refractivity contribution is -0.135. The Morgan fingerprint density at radius 2 is 1.94 bits per heavy atom. The van der Waals surface area contributed by atoms with Crippen LogP contribution in [-0.2, 0) is 4.79 Å². The average Bonchev–Trinajstić information content (AvgIpc) is 3.21. The van der Waals surface area contributed by atoms with Crippen LogP contribution in [0.15, 0.2) is 39.3 Å². The van der Waals surface area contributed by atoms with Gasteiger partial charge in [0.15, 0.2) is 0 Å². The first-order valence-electron chi connectivity index (χ1n) is 11.0. The molecular weight excluding hydrogens is 476 g/mol. The molecule has 9 heteroatoms. The second kappa shape index (κ2) is 10.0. The Balaban J connectivity index is 1.48. The van der Waals surface area contributed by atoms with Gasteiger partial charge in [0.25, 0.3) is 5.91 Å². The fourth-order valence-electron chi connectivity index (χ4n) is 4.29. The second-order valence-corrected chi connectivity index (χ2v) is 9.55. The van der Waals surface area contributed by atoms with E-state index in [0.29, 0.717) is 31.6 Å². The molecule has 3 heterocycles. The number of carbonyl (C=O) groups excluding carboxylic acids is 2. The van der Waals surface area contributed by atoms with Gasteiger partial charge in [0.05, 0.1) is 5.69 Å². The second-order valence-electron chi connectivity index (χ2n) is 8.63. The van der Waals surface area contributed by atoms with Crippen molar-refractivity contribution in [1.29, 1.82) is 0 Å². The van der Waals surface area contributed by atoms with E-state index in [4.69, 9.17) is 9.26 Å². The lowest BCUT2D eigenvalue weighted by Gasteiger charge is -2.39. The number of likely N-dealkylation sites (N-methyl/N-ethyl adjacent to an activating group) is 1. The molecule has 0 bridgehead atoms. The Morgan fingerprint density at radius 1 is 1.16 bits per heavy atom. The van der Waals surface area contributed by atoms with E-state index in [1.165, 1.54) is 0 Å². The molecular formula is C23H29BrN4O4. The minimum atomic E-state index is -0.191. The summed E-state index contributed by atoms with van der Waals surface area (Å²) in [4.78, 5) is 31.9. The molecule has 32 heavy (non-hydrogen) atoms. The summed E-state index contributed by atoms with van der Waals surface area (Å²) in [7, 11) is 2.07. The SMILES string of the molecule is Cc1cc(C(=O)N2CC[C@H](Oc3cccc(Br)c3)[C@@H](CC(=O)N3CCN(C)CC3)C2)on1. The predicted octanol–water partition coefficient (Wildman–Crippen LogP) is 2.82. The summed E-state index contributed by atoms with van der Waals surface area (Å²) >= 11 is 3.48. The highest BCUT2D eigenvalue weighted by atomic mass is 79.9. The van der Waals surface area contributed by atoms with Gasteiger partial charge in [-0.25, -0.2) is 0 Å². The smallest absolute Gasteiger partial charge is 0.292 e. The zero-order chi connectivity index (χ0) is 22.7. The molecule has 2 aromatic rings. The topological polar surface area (TPSA) is 79.1 Å². The van der Waals surface area contributed by atoms with E-state index in [0.717, 1.165) is 36.4 Å². The summed E-state index contributed by atoms with van der Waals surface area (Å²) in [5.74, 6) is 0.812. The molecule has 0 spiro atoms. The molecule has 2 amide bonds. The Labute approximate surface area is 196 Å². The first kappa shape index (κ1) is 22.8. The minimum Gasteiger partial charge on any atom is -0.490 e. The Bertz CT molecular complexity index is 957. The molecule has 2 aliphatic heterocycles. The van der Waals surface area contributed by atoms with E-state index in [1.807, 2.05) is 29.2 Å². The number of rotatable bonds is 5. The van der Waals surface area contributed by atoms with Crippen LogP contribution in [-0.4, -0.2) is 84.1 Å². The minimum absolute atomic E-state index is 0.108. The lowest BCUT2D eigenvalue weighted by atomic mass is 9.90. The van der Waals surface area contributed by atoms with Crippen molar-refractivity contribution < 1.29 is 18.8 Å². The van der Waals surface area contributed by atoms with Crippen LogP contribution in [0.1, 0.15) is 29.1 Å². The number of ether oxygens (including phenoxy) is 1. The zero-order valence-electron chi connectivity index (χ0n) is 18.5. The standard InChI is InChI=1S/C23H29BrN4O4/c1-16-12-21(32-25-16)23(30)28-7-6-20(31-19-5-3-4-18(24)14-19)17(15-28)13-22(29)27-10-8-26(2)9-11-27/h3-5,12,14,17,20H,6-11,13,15H2,1-2H3/t17-,20-/m0/s1. The van der Waals surface area contributed by atoms with E-state index >= 15 is 0 Å². The number of carbonyl (C=O) groups is 2. The van der Waals surface area contributed by atoms with E-state index in [1.54, 1.807) is 17.9 Å². The van der Waals surface area contributed by atoms with E-state index in [-0.39, 0.29) is 29.6 Å². The van der Waals surface area contributed by atoms with E-state index < -0.39 is 0 Å². The van der Waals surface area contributed by atoms with Crippen LogP contribution in [0.2, 0.25) is 0 Å². The van der Waals surface area contributed by atoms with Gasteiger partial charge >= 0.3 is 0 Å². The number of piperidine rings is 1. The van der Waals surface area contributed by atoms with Crippen LogP contribution in [0, 0.1) is 12.8 Å². The van der Waals surface area contributed by atoms with Crippen LogP contribution < -0.4 is 4.74 Å². The lowest BCUT2D eigenvalue weighted by Crippen LogP contribution is -2.51. The van der Waals surface area contributed by atoms with Crippen LogP contribution in [0.5, 0.6) is 5.75 Å². The third-order valence-corrected chi connectivity index (χ3v) is 6.66. The number of hydrogen-bond acceptors (Lipinski definition) is 6. The number of halogens is 1. The summed E-state index contributed by atoms with van der Waals surface area (Å²) in [6.45, 7) is 6.00. The molecule has 4 rings (SSSR count). The van der Waals surface area contributed by atoms with Crippen molar-refractivity contribution in [3.8, 4) is 5.75 Å². The molecule has 2 fully saturated rings. The molecule has 172 valence electrons. The van der Waals surface area contributed by atoms with Crippen molar-refractivity contribution in [2.75, 3.05) is 46.3 Å². The molecule has 0 N–H and O–H groups in total. The Morgan fingerprint density at radius 3 is 2.62 bits per heavy atom. The summed E-state index contributed by atoms with van der Waals surface area (Å²) in [5.41, 5.74) is 0.669. The highest BCUT2D eigenvalue weighted by molar-refractivity contribution is 9.10. The van der Waals surface area contributed by atoms with Crippen molar-refractivity contribution in [2.45, 2.75) is 25.9 Å². The van der Waals surface area contributed by atoms with E-state index in [2.05, 4.69) is 33.0 Å². The highest BCUT2D eigenvalue weighted by Crippen LogP contribution is 2.28. The van der Waals surface area contributed by atoms with Crippen molar-refractivity contribution in [3.63, 3.8) is 0 Å². The maximum absolute atomic E-state index is 13.1. The number of benzene rings is 1. The molecule has 0 radical (unpaired) electrons. The molecule has 2 saturated heterocycles. The summed E-state index contributed by atoms with van der Waals surface area (Å²) < 4.78 is 12.4. The number of aryl methyl sites for hydroxylation is 1. The zero-order valence-corrected chi connectivity index (χ0v) is 20.1. The molecule has 8 nitrogen and oxygen atoms in total. The number of piperazine rings is 1. The fraction of sp³-hybridized carbons (Fsp3) is 0.522. The predicted molar refractivity (Wildman–Crippen MR) is 123 cm³/mol. The van der Waals surface area contributed by atoms with Gasteiger partial charge in [0, 0.05) is 68.6 Å². The third kappa shape index (κ3) is 5.50. The van der Waals surface area contributed by atoms with Gasteiger partial charge in [-0.1, -0.05) is 27.2 Å². The highest BCUT2D eigenvalue weighted by Gasteiger charge is 2.36. The maximum atomic E-state index is 13.1. The van der Waals surface area contributed by atoms with Gasteiger partial charge in [-0.2, -0.15) is 0 Å². The van der Waals surface area contributed by atoms with Crippen molar-refractivity contribution in [3.05, 3.63) is 46.3 Å². The molecule has 2 atom stereocenters. The van der Waals surface area contributed by atoms with E-state index in [9.17, 15) is 9.59 Å². The van der Waals surface area contributed by atoms with Crippen LogP contribution >= 0.6 is 15.9 Å². The first-order chi connectivity index (χ1) is 15.4. The number of hydrogen-bond donors (Lipinski definition) is 0. The fourth-order valence-corrected chi connectivity index (χ4v) is 4.67. The third-order valence-electron chi connectivity index (χ3n) is 6.17. The number of nitrogens with zero attached hydrogens (tertiary/aromatic N) is 4. The summed E-state index contributed by atoms with van der Waals surface area (Å²) in [5, 5.41) is 3.83. The van der Waals surface area contributed by atoms with Gasteiger partial charge < -0.3 is 24.0 Å². The van der Waals surface area contributed by atoms with Gasteiger partial charge in [-0.05, 0) is 32.2 Å². The van der Waals surface area contributed by atoms with Crippen molar-refractivity contribution in [2.24, 2.45) is 5.92 Å². The van der Waals surface area contributed by atoms with Crippen LogP contribution in [0.25, 0.3) is 0 Å². The van der Waals surface area contributed by atoms with Gasteiger partial charge in [-0.15, -0.1) is 0 Å². The number of aromatic nitrogens is 1. The quantitative estimate of drug-likeness (QED) is 0.622. The largest absolute Gasteiger partial charge is 0.490 e. The van der Waals surface area contributed by atoms with Gasteiger partial charge in [0.2, 0.25) is 11.7 Å². The summed E-state index contributed by atoms with van der Waals surface area (Å²) in [6, 6.07) is 9.36. The van der Waals surface area contributed by atoms with Crippen LogP contribution in [0.4, 0.5) is 0 Å². The number of amides is 2. The maximum Gasteiger partial charge on any atom is 0.292 e. The molecule has 0 saturated carbocycles. The molecule has 1 aromatic heterocycles. The Kier molecular flexibility index (Phi) is 7.15. The first-order valence-corrected chi connectivity index (χ1v) is 11.8.